The Bertz CT molecular complexity index is 740. The van der Waals surface area contributed by atoms with Gasteiger partial charge in [-0.25, -0.2) is 9.97 Å². The van der Waals surface area contributed by atoms with Gasteiger partial charge in [0.1, 0.15) is 12.1 Å². The lowest BCUT2D eigenvalue weighted by Crippen LogP contribution is -2.46. The molecule has 1 aromatic carbocycles. The van der Waals surface area contributed by atoms with Gasteiger partial charge in [0.15, 0.2) is 0 Å². The largest absolute Gasteiger partial charge is 0.362 e. The van der Waals surface area contributed by atoms with Crippen LogP contribution in [0.3, 0.4) is 0 Å². The second-order valence-corrected chi connectivity index (χ2v) is 6.98. The van der Waals surface area contributed by atoms with E-state index in [2.05, 4.69) is 9.97 Å². The fourth-order valence-electron chi connectivity index (χ4n) is 3.27. The summed E-state index contributed by atoms with van der Waals surface area (Å²) in [4.78, 5) is 25.8. The molecule has 0 radical (unpaired) electrons. The van der Waals surface area contributed by atoms with Crippen LogP contribution in [0.5, 0.6) is 0 Å². The number of hydrogen-bond acceptors (Lipinski definition) is 4. The van der Waals surface area contributed by atoms with Gasteiger partial charge in [-0.2, -0.15) is 0 Å². The number of carbonyl (C=O) groups excluding carboxylic acids is 1. The zero-order chi connectivity index (χ0) is 17.3. The van der Waals surface area contributed by atoms with Gasteiger partial charge >= 0.3 is 0 Å². The third kappa shape index (κ3) is 2.86. The second-order valence-electron chi connectivity index (χ2n) is 6.98. The molecule has 0 aliphatic carbocycles. The summed E-state index contributed by atoms with van der Waals surface area (Å²) in [6.07, 6.45) is 2.38. The van der Waals surface area contributed by atoms with Gasteiger partial charge < -0.3 is 9.80 Å². The predicted molar refractivity (Wildman–Crippen MR) is 94.9 cm³/mol. The van der Waals surface area contributed by atoms with Crippen molar-refractivity contribution in [2.45, 2.75) is 32.2 Å². The number of benzene rings is 1. The van der Waals surface area contributed by atoms with Gasteiger partial charge in [0, 0.05) is 26.2 Å². The maximum Gasteiger partial charge on any atom is 0.233 e. The van der Waals surface area contributed by atoms with E-state index >= 15 is 0 Å². The average molecular weight is 324 g/mol. The van der Waals surface area contributed by atoms with Gasteiger partial charge in [0.25, 0.3) is 0 Å². The van der Waals surface area contributed by atoms with Crippen LogP contribution in [0.4, 0.5) is 5.82 Å². The molecule has 0 bridgehead atoms. The van der Waals surface area contributed by atoms with E-state index in [4.69, 9.17) is 0 Å². The molecule has 0 fully saturated rings. The first-order chi connectivity index (χ1) is 11.4. The Balaban J connectivity index is 1.85. The highest BCUT2D eigenvalue weighted by molar-refractivity contribution is 5.87. The fourth-order valence-corrected chi connectivity index (χ4v) is 3.27. The molecular formula is C19H24N4O. The monoisotopic (exact) mass is 324 g/mol. The molecule has 0 spiro atoms. The van der Waals surface area contributed by atoms with Crippen LogP contribution >= 0.6 is 0 Å². The van der Waals surface area contributed by atoms with Crippen LogP contribution in [-0.4, -0.2) is 41.4 Å². The van der Waals surface area contributed by atoms with Crippen molar-refractivity contribution < 1.29 is 4.79 Å². The third-order valence-corrected chi connectivity index (χ3v) is 4.73. The first-order valence-electron chi connectivity index (χ1n) is 8.26. The Hall–Kier alpha value is -2.43. The molecule has 1 aliphatic heterocycles. The standard InChI is InChI=1S/C19H24N4O/c1-19(2,14-8-6-5-7-9-14)18(24)23-11-10-15-16(12-23)20-13-21-17(15)22(3)4/h5-9,13H,10-12H2,1-4H3. The molecule has 0 atom stereocenters. The van der Waals surface area contributed by atoms with E-state index in [1.54, 1.807) is 6.33 Å². The van der Waals surface area contributed by atoms with Crippen LogP contribution in [0.25, 0.3) is 0 Å². The lowest BCUT2D eigenvalue weighted by atomic mass is 9.82. The zero-order valence-electron chi connectivity index (χ0n) is 14.8. The summed E-state index contributed by atoms with van der Waals surface area (Å²) in [6, 6.07) is 9.96. The van der Waals surface area contributed by atoms with Crippen molar-refractivity contribution in [3.63, 3.8) is 0 Å². The van der Waals surface area contributed by atoms with Gasteiger partial charge in [-0.05, 0) is 25.8 Å². The number of fused-ring (bicyclic) bond motifs is 1. The summed E-state index contributed by atoms with van der Waals surface area (Å²) in [5, 5.41) is 0. The number of anilines is 1. The van der Waals surface area contributed by atoms with Gasteiger partial charge in [0.05, 0.1) is 17.7 Å². The highest BCUT2D eigenvalue weighted by atomic mass is 16.2. The van der Waals surface area contributed by atoms with Crippen molar-refractivity contribution in [1.82, 2.24) is 14.9 Å². The lowest BCUT2D eigenvalue weighted by molar-refractivity contribution is -0.137. The number of carbonyl (C=O) groups is 1. The van der Waals surface area contributed by atoms with E-state index < -0.39 is 5.41 Å². The van der Waals surface area contributed by atoms with E-state index in [0.717, 1.165) is 29.1 Å². The minimum atomic E-state index is -0.545. The van der Waals surface area contributed by atoms with Crippen molar-refractivity contribution in [2.24, 2.45) is 0 Å². The first-order valence-corrected chi connectivity index (χ1v) is 8.26. The molecule has 2 aromatic rings. The molecule has 5 heteroatoms. The summed E-state index contributed by atoms with van der Waals surface area (Å²) in [7, 11) is 3.97. The molecule has 2 heterocycles. The fraction of sp³-hybridized carbons (Fsp3) is 0.421. The van der Waals surface area contributed by atoms with Gasteiger partial charge in [-0.3, -0.25) is 4.79 Å². The van der Waals surface area contributed by atoms with Gasteiger partial charge in [0.2, 0.25) is 5.91 Å². The molecule has 24 heavy (non-hydrogen) atoms. The van der Waals surface area contributed by atoms with E-state index in [1.165, 1.54) is 0 Å². The van der Waals surface area contributed by atoms with E-state index in [-0.39, 0.29) is 5.91 Å². The number of rotatable bonds is 3. The zero-order valence-corrected chi connectivity index (χ0v) is 14.8. The quantitative estimate of drug-likeness (QED) is 0.870. The summed E-state index contributed by atoms with van der Waals surface area (Å²) in [5.74, 6) is 1.10. The van der Waals surface area contributed by atoms with Crippen molar-refractivity contribution in [3.8, 4) is 0 Å². The summed E-state index contributed by atoms with van der Waals surface area (Å²) in [5.41, 5.74) is 2.61. The van der Waals surface area contributed by atoms with Crippen LogP contribution in [0.1, 0.15) is 30.7 Å². The highest BCUT2D eigenvalue weighted by Crippen LogP contribution is 2.30. The maximum absolute atomic E-state index is 13.1. The number of hydrogen-bond donors (Lipinski definition) is 0. The third-order valence-electron chi connectivity index (χ3n) is 4.73. The molecule has 0 saturated heterocycles. The Kier molecular flexibility index (Phi) is 4.26. The molecule has 1 aromatic heterocycles. The first kappa shape index (κ1) is 16.4. The summed E-state index contributed by atoms with van der Waals surface area (Å²) < 4.78 is 0. The minimum absolute atomic E-state index is 0.143. The van der Waals surface area contributed by atoms with Gasteiger partial charge in [-0.15, -0.1) is 0 Å². The van der Waals surface area contributed by atoms with Crippen molar-refractivity contribution in [3.05, 3.63) is 53.5 Å². The van der Waals surface area contributed by atoms with Gasteiger partial charge in [-0.1, -0.05) is 30.3 Å². The second kappa shape index (κ2) is 6.23. The van der Waals surface area contributed by atoms with Crippen LogP contribution in [-0.2, 0) is 23.2 Å². The summed E-state index contributed by atoms with van der Waals surface area (Å²) in [6.45, 7) is 5.24. The van der Waals surface area contributed by atoms with E-state index in [9.17, 15) is 4.79 Å². The number of aromatic nitrogens is 2. The Morgan fingerprint density at radius 1 is 1.17 bits per heavy atom. The average Bonchev–Trinajstić information content (AvgIpc) is 2.60. The Morgan fingerprint density at radius 3 is 2.54 bits per heavy atom. The molecule has 1 amide bonds. The van der Waals surface area contributed by atoms with E-state index in [1.807, 2.05) is 68.1 Å². The van der Waals surface area contributed by atoms with Crippen LogP contribution in [0.2, 0.25) is 0 Å². The van der Waals surface area contributed by atoms with Crippen molar-refractivity contribution in [1.29, 1.82) is 0 Å². The molecular weight excluding hydrogens is 300 g/mol. The van der Waals surface area contributed by atoms with Crippen LogP contribution in [0.15, 0.2) is 36.7 Å². The highest BCUT2D eigenvalue weighted by Gasteiger charge is 2.35. The number of nitrogens with zero attached hydrogens (tertiary/aromatic N) is 4. The topological polar surface area (TPSA) is 49.3 Å². The lowest BCUT2D eigenvalue weighted by Gasteiger charge is -2.35. The number of amides is 1. The molecule has 5 nitrogen and oxygen atoms in total. The molecule has 0 N–H and O–H groups in total. The molecule has 0 saturated carbocycles. The van der Waals surface area contributed by atoms with Crippen molar-refractivity contribution in [2.75, 3.05) is 25.5 Å². The smallest absolute Gasteiger partial charge is 0.233 e. The van der Waals surface area contributed by atoms with Crippen molar-refractivity contribution >= 4 is 11.7 Å². The Labute approximate surface area is 143 Å². The minimum Gasteiger partial charge on any atom is -0.362 e. The van der Waals surface area contributed by atoms with Crippen LogP contribution < -0.4 is 4.90 Å². The maximum atomic E-state index is 13.1. The normalized spacial score (nSPS) is 14.2. The van der Waals surface area contributed by atoms with Crippen LogP contribution in [0, 0.1) is 0 Å². The molecule has 3 rings (SSSR count). The SMILES string of the molecule is CN(C)c1ncnc2c1CCN(C(=O)C(C)(C)c1ccccc1)C2. The molecule has 0 unspecified atom stereocenters. The summed E-state index contributed by atoms with van der Waals surface area (Å²) >= 11 is 0. The molecule has 1 aliphatic rings. The predicted octanol–water partition coefficient (Wildman–Crippen LogP) is 2.41. The van der Waals surface area contributed by atoms with E-state index in [0.29, 0.717) is 13.1 Å². The Morgan fingerprint density at radius 2 is 1.88 bits per heavy atom. The molecule has 126 valence electrons.